The lowest BCUT2D eigenvalue weighted by Crippen LogP contribution is -2.04. The fourth-order valence-corrected chi connectivity index (χ4v) is 1.35. The van der Waals surface area contributed by atoms with Gasteiger partial charge in [0.15, 0.2) is 0 Å². The Balaban J connectivity index is 2.26. The molecule has 2 aromatic rings. The maximum atomic E-state index is 12.1. The van der Waals surface area contributed by atoms with E-state index in [1.165, 1.54) is 12.1 Å². The topological polar surface area (TPSA) is 74.2 Å². The first-order chi connectivity index (χ1) is 8.56. The van der Waals surface area contributed by atoms with Crippen molar-refractivity contribution in [1.82, 2.24) is 10.1 Å². The van der Waals surface area contributed by atoms with Crippen LogP contribution >= 0.6 is 0 Å². The quantitative estimate of drug-likeness (QED) is 0.907. The van der Waals surface area contributed by atoms with Gasteiger partial charge in [-0.3, -0.25) is 0 Å². The van der Waals surface area contributed by atoms with Crippen molar-refractivity contribution >= 4 is 0 Å². The number of alkyl halides is 2. The van der Waals surface area contributed by atoms with Crippen LogP contribution in [0.3, 0.4) is 0 Å². The minimum absolute atomic E-state index is 0.0367. The molecule has 0 radical (unpaired) electrons. The normalized spacial score (nSPS) is 12.7. The van der Waals surface area contributed by atoms with Crippen LogP contribution in [0.5, 0.6) is 5.75 Å². The van der Waals surface area contributed by atoms with E-state index in [2.05, 4.69) is 14.9 Å². The Hall–Kier alpha value is -2.02. The molecule has 0 saturated heterocycles. The first kappa shape index (κ1) is 12.4. The minimum atomic E-state index is -2.87. The van der Waals surface area contributed by atoms with Gasteiger partial charge in [-0.1, -0.05) is 17.3 Å². The van der Waals surface area contributed by atoms with Gasteiger partial charge in [0.1, 0.15) is 5.75 Å². The highest BCUT2D eigenvalue weighted by molar-refractivity contribution is 5.56. The van der Waals surface area contributed by atoms with Crippen LogP contribution in [0.2, 0.25) is 0 Å². The Morgan fingerprint density at radius 3 is 2.78 bits per heavy atom. The Bertz CT molecular complexity index is 529. The Morgan fingerprint density at radius 1 is 1.39 bits per heavy atom. The Kier molecular flexibility index (Phi) is 3.52. The van der Waals surface area contributed by atoms with E-state index in [1.54, 1.807) is 19.1 Å². The predicted molar refractivity (Wildman–Crippen MR) is 59.0 cm³/mol. The van der Waals surface area contributed by atoms with Gasteiger partial charge in [0, 0.05) is 5.56 Å². The molecule has 96 valence electrons. The first-order valence-corrected chi connectivity index (χ1v) is 5.20. The zero-order chi connectivity index (χ0) is 13.1. The van der Waals surface area contributed by atoms with E-state index in [4.69, 9.17) is 10.3 Å². The lowest BCUT2D eigenvalue weighted by molar-refractivity contribution is -0.0498. The Labute approximate surface area is 102 Å². The third-order valence-electron chi connectivity index (χ3n) is 2.15. The van der Waals surface area contributed by atoms with E-state index in [-0.39, 0.29) is 23.5 Å². The molecule has 1 heterocycles. The summed E-state index contributed by atoms with van der Waals surface area (Å²) in [5.74, 6) is 0.599. The highest BCUT2D eigenvalue weighted by atomic mass is 19.3. The number of nitrogens with zero attached hydrogens (tertiary/aromatic N) is 2. The van der Waals surface area contributed by atoms with Gasteiger partial charge in [-0.15, -0.1) is 0 Å². The van der Waals surface area contributed by atoms with E-state index in [1.807, 2.05) is 0 Å². The van der Waals surface area contributed by atoms with Crippen LogP contribution in [-0.4, -0.2) is 16.8 Å². The zero-order valence-electron chi connectivity index (χ0n) is 9.51. The maximum Gasteiger partial charge on any atom is 0.387 e. The van der Waals surface area contributed by atoms with Crippen molar-refractivity contribution in [3.8, 4) is 17.1 Å². The molecular formula is C11H11F2N3O2. The molecule has 0 aliphatic heterocycles. The third-order valence-corrected chi connectivity index (χ3v) is 2.15. The number of ether oxygens (including phenoxy) is 1. The molecule has 0 amide bonds. The van der Waals surface area contributed by atoms with Crippen molar-refractivity contribution in [3.63, 3.8) is 0 Å². The van der Waals surface area contributed by atoms with E-state index in [9.17, 15) is 8.78 Å². The molecule has 0 saturated carbocycles. The average molecular weight is 255 g/mol. The number of hydrogen-bond donors (Lipinski definition) is 1. The second-order valence-corrected chi connectivity index (χ2v) is 3.65. The number of nitrogens with two attached hydrogens (primary N) is 1. The van der Waals surface area contributed by atoms with Crippen LogP contribution in [0.15, 0.2) is 28.8 Å². The summed E-state index contributed by atoms with van der Waals surface area (Å²) in [5.41, 5.74) is 6.10. The predicted octanol–water partition coefficient (Wildman–Crippen LogP) is 2.36. The van der Waals surface area contributed by atoms with E-state index < -0.39 is 6.61 Å². The zero-order valence-corrected chi connectivity index (χ0v) is 9.51. The van der Waals surface area contributed by atoms with E-state index in [0.717, 1.165) is 0 Å². The molecule has 1 aromatic heterocycles. The summed E-state index contributed by atoms with van der Waals surface area (Å²) in [6.45, 7) is -1.17. The second kappa shape index (κ2) is 5.09. The number of hydrogen-bond acceptors (Lipinski definition) is 5. The molecule has 1 aromatic carbocycles. The van der Waals surface area contributed by atoms with Gasteiger partial charge >= 0.3 is 6.61 Å². The monoisotopic (exact) mass is 255 g/mol. The molecule has 7 heteroatoms. The minimum Gasteiger partial charge on any atom is -0.435 e. The molecular weight excluding hydrogens is 244 g/mol. The number of benzene rings is 1. The van der Waals surface area contributed by atoms with Gasteiger partial charge in [0.25, 0.3) is 0 Å². The van der Waals surface area contributed by atoms with Crippen molar-refractivity contribution in [2.24, 2.45) is 5.73 Å². The van der Waals surface area contributed by atoms with Crippen molar-refractivity contribution in [2.45, 2.75) is 19.6 Å². The molecule has 1 atom stereocenters. The largest absolute Gasteiger partial charge is 0.435 e. The lowest BCUT2D eigenvalue weighted by Gasteiger charge is -2.04. The lowest BCUT2D eigenvalue weighted by atomic mass is 10.2. The van der Waals surface area contributed by atoms with Crippen molar-refractivity contribution in [1.29, 1.82) is 0 Å². The molecule has 0 fully saturated rings. The Morgan fingerprint density at radius 2 is 2.17 bits per heavy atom. The molecule has 0 aliphatic rings. The van der Waals surface area contributed by atoms with E-state index >= 15 is 0 Å². The van der Waals surface area contributed by atoms with Crippen molar-refractivity contribution in [3.05, 3.63) is 30.2 Å². The summed E-state index contributed by atoms with van der Waals surface area (Å²) in [6, 6.07) is 5.67. The molecule has 2 rings (SSSR count). The summed E-state index contributed by atoms with van der Waals surface area (Å²) >= 11 is 0. The van der Waals surface area contributed by atoms with Crippen LogP contribution in [0.4, 0.5) is 8.78 Å². The third kappa shape index (κ3) is 2.80. The molecule has 5 nitrogen and oxygen atoms in total. The van der Waals surface area contributed by atoms with Crippen molar-refractivity contribution < 1.29 is 18.0 Å². The van der Waals surface area contributed by atoms with Crippen LogP contribution < -0.4 is 10.5 Å². The number of aromatic nitrogens is 2. The van der Waals surface area contributed by atoms with Gasteiger partial charge in [-0.2, -0.15) is 13.8 Å². The van der Waals surface area contributed by atoms with Gasteiger partial charge in [-0.05, 0) is 19.1 Å². The number of halogens is 2. The van der Waals surface area contributed by atoms with E-state index in [0.29, 0.717) is 5.56 Å². The fraction of sp³-hybridized carbons (Fsp3) is 0.273. The summed E-state index contributed by atoms with van der Waals surface area (Å²) < 4.78 is 33.4. The molecule has 0 unspecified atom stereocenters. The second-order valence-electron chi connectivity index (χ2n) is 3.65. The highest BCUT2D eigenvalue weighted by Crippen LogP contribution is 2.23. The van der Waals surface area contributed by atoms with Gasteiger partial charge in [-0.25, -0.2) is 0 Å². The van der Waals surface area contributed by atoms with Crippen LogP contribution in [0.1, 0.15) is 18.9 Å². The average Bonchev–Trinajstić information content (AvgIpc) is 2.77. The smallest absolute Gasteiger partial charge is 0.387 e. The number of rotatable bonds is 4. The first-order valence-electron chi connectivity index (χ1n) is 5.20. The molecule has 2 N–H and O–H groups in total. The van der Waals surface area contributed by atoms with Crippen LogP contribution in [0, 0.1) is 0 Å². The van der Waals surface area contributed by atoms with Crippen LogP contribution in [0.25, 0.3) is 11.4 Å². The summed E-state index contributed by atoms with van der Waals surface area (Å²) in [4.78, 5) is 4.05. The van der Waals surface area contributed by atoms with Crippen molar-refractivity contribution in [2.75, 3.05) is 0 Å². The summed E-state index contributed by atoms with van der Waals surface area (Å²) in [6.07, 6.45) is 0. The van der Waals surface area contributed by atoms with Crippen LogP contribution in [-0.2, 0) is 0 Å². The highest BCUT2D eigenvalue weighted by Gasteiger charge is 2.13. The molecule has 0 bridgehead atoms. The maximum absolute atomic E-state index is 12.1. The molecule has 18 heavy (non-hydrogen) atoms. The molecule has 0 spiro atoms. The fourth-order valence-electron chi connectivity index (χ4n) is 1.35. The van der Waals surface area contributed by atoms with Gasteiger partial charge in [0.2, 0.25) is 11.7 Å². The standard InChI is InChI=1S/C11H11F2N3O2/c1-6(14)10-15-9(16-18-10)7-3-2-4-8(5-7)17-11(12)13/h2-6,11H,14H2,1H3/t6-/m0/s1. The van der Waals surface area contributed by atoms with Gasteiger partial charge in [0.05, 0.1) is 6.04 Å². The summed E-state index contributed by atoms with van der Waals surface area (Å²) in [7, 11) is 0. The molecule has 0 aliphatic carbocycles. The summed E-state index contributed by atoms with van der Waals surface area (Å²) in [5, 5.41) is 3.72. The van der Waals surface area contributed by atoms with Gasteiger partial charge < -0.3 is 15.0 Å². The SMILES string of the molecule is C[C@H](N)c1nc(-c2cccc(OC(F)F)c2)no1.